The largest absolute Gasteiger partial charge is 0.236 e. The second-order valence-electron chi connectivity index (χ2n) is 3.39. The summed E-state index contributed by atoms with van der Waals surface area (Å²) < 4.78 is 0. The molecule has 2 aromatic rings. The maximum atomic E-state index is 6.11. The van der Waals surface area contributed by atoms with Crippen molar-refractivity contribution < 1.29 is 0 Å². The Morgan fingerprint density at radius 3 is 2.18 bits per heavy atom. The van der Waals surface area contributed by atoms with Gasteiger partial charge in [-0.05, 0) is 30.3 Å². The summed E-state index contributed by atoms with van der Waals surface area (Å²) >= 11 is 17.9. The molecular formula is C13H8Cl3N. The Balaban J connectivity index is 2.34. The van der Waals surface area contributed by atoms with Gasteiger partial charge in [0.1, 0.15) is 5.17 Å². The summed E-state index contributed by atoms with van der Waals surface area (Å²) in [5.74, 6) is 0. The highest BCUT2D eigenvalue weighted by Crippen LogP contribution is 2.21. The lowest BCUT2D eigenvalue weighted by atomic mass is 10.2. The van der Waals surface area contributed by atoms with Gasteiger partial charge < -0.3 is 0 Å². The van der Waals surface area contributed by atoms with Crippen molar-refractivity contribution in [3.8, 4) is 0 Å². The zero-order valence-corrected chi connectivity index (χ0v) is 11.0. The van der Waals surface area contributed by atoms with Crippen LogP contribution in [-0.2, 0) is 0 Å². The van der Waals surface area contributed by atoms with E-state index in [0.29, 0.717) is 20.9 Å². The molecular weight excluding hydrogens is 277 g/mol. The standard InChI is InChI=1S/C13H8Cl3N/c14-10-4-1-3-9(7-10)13(16)17-12-6-2-5-11(15)8-12/h1-8H. The first-order valence-electron chi connectivity index (χ1n) is 4.91. The number of nitrogens with zero attached hydrogens (tertiary/aromatic N) is 1. The van der Waals surface area contributed by atoms with Crippen molar-refractivity contribution in [2.75, 3.05) is 0 Å². The van der Waals surface area contributed by atoms with Crippen LogP contribution in [0.2, 0.25) is 10.0 Å². The Bertz CT molecular complexity index is 564. The molecule has 2 aromatic carbocycles. The van der Waals surface area contributed by atoms with Gasteiger partial charge in [0.2, 0.25) is 0 Å². The third-order valence-corrected chi connectivity index (χ3v) is 2.87. The van der Waals surface area contributed by atoms with Crippen molar-refractivity contribution in [3.05, 3.63) is 64.1 Å². The molecule has 0 N–H and O–H groups in total. The Labute approximate surface area is 115 Å². The molecule has 17 heavy (non-hydrogen) atoms. The van der Waals surface area contributed by atoms with Crippen molar-refractivity contribution in [1.82, 2.24) is 0 Å². The molecule has 86 valence electrons. The maximum Gasteiger partial charge on any atom is 0.136 e. The average molecular weight is 285 g/mol. The van der Waals surface area contributed by atoms with Gasteiger partial charge >= 0.3 is 0 Å². The summed E-state index contributed by atoms with van der Waals surface area (Å²) in [6.45, 7) is 0. The molecule has 0 saturated heterocycles. The maximum absolute atomic E-state index is 6.11. The fraction of sp³-hybridized carbons (Fsp3) is 0. The monoisotopic (exact) mass is 283 g/mol. The minimum atomic E-state index is 0.384. The molecule has 0 aromatic heterocycles. The molecule has 1 nitrogen and oxygen atoms in total. The predicted octanol–water partition coefficient (Wildman–Crippen LogP) is 5.31. The second-order valence-corrected chi connectivity index (χ2v) is 4.62. The summed E-state index contributed by atoms with van der Waals surface area (Å²) in [5.41, 5.74) is 1.49. The first kappa shape index (κ1) is 12.4. The van der Waals surface area contributed by atoms with Crippen LogP contribution in [0.5, 0.6) is 0 Å². The van der Waals surface area contributed by atoms with Crippen LogP contribution < -0.4 is 0 Å². The smallest absolute Gasteiger partial charge is 0.136 e. The summed E-state index contributed by atoms with van der Waals surface area (Å²) in [5, 5.41) is 1.64. The Kier molecular flexibility index (Phi) is 4.06. The van der Waals surface area contributed by atoms with Crippen LogP contribution in [0.25, 0.3) is 0 Å². The van der Waals surface area contributed by atoms with Crippen molar-refractivity contribution in [3.63, 3.8) is 0 Å². The van der Waals surface area contributed by atoms with Crippen molar-refractivity contribution >= 4 is 45.7 Å². The Hall–Kier alpha value is -1.02. The zero-order chi connectivity index (χ0) is 12.3. The SMILES string of the molecule is ClC(=Nc1cccc(Cl)c1)c1cccc(Cl)c1. The normalized spacial score (nSPS) is 11.6. The number of rotatable bonds is 2. The number of aliphatic imine (C=N–C) groups is 1. The minimum absolute atomic E-state index is 0.384. The van der Waals surface area contributed by atoms with Crippen LogP contribution in [0.15, 0.2) is 53.5 Å². The molecule has 0 aliphatic heterocycles. The molecule has 0 bridgehead atoms. The summed E-state index contributed by atoms with van der Waals surface area (Å²) in [6.07, 6.45) is 0. The fourth-order valence-electron chi connectivity index (χ4n) is 1.34. The molecule has 0 heterocycles. The van der Waals surface area contributed by atoms with Crippen LogP contribution in [0.3, 0.4) is 0 Å². The molecule has 0 saturated carbocycles. The van der Waals surface area contributed by atoms with Gasteiger partial charge in [0, 0.05) is 15.6 Å². The van der Waals surface area contributed by atoms with Crippen LogP contribution in [0.4, 0.5) is 5.69 Å². The molecule has 0 amide bonds. The molecule has 0 aliphatic carbocycles. The van der Waals surface area contributed by atoms with Crippen LogP contribution >= 0.6 is 34.8 Å². The zero-order valence-electron chi connectivity index (χ0n) is 8.70. The summed E-state index contributed by atoms with van der Waals surface area (Å²) in [6, 6.07) is 14.4. The van der Waals surface area contributed by atoms with Crippen LogP contribution in [0.1, 0.15) is 5.56 Å². The highest BCUT2D eigenvalue weighted by molar-refractivity contribution is 6.69. The molecule has 0 atom stereocenters. The summed E-state index contributed by atoms with van der Waals surface area (Å²) in [7, 11) is 0. The number of hydrogen-bond donors (Lipinski definition) is 0. The lowest BCUT2D eigenvalue weighted by Crippen LogP contribution is -1.89. The van der Waals surface area contributed by atoms with E-state index in [1.807, 2.05) is 24.3 Å². The lowest BCUT2D eigenvalue weighted by molar-refractivity contribution is 1.52. The molecule has 2 rings (SSSR count). The van der Waals surface area contributed by atoms with Crippen molar-refractivity contribution in [1.29, 1.82) is 0 Å². The molecule has 0 fully saturated rings. The second kappa shape index (κ2) is 5.54. The number of benzene rings is 2. The van der Waals surface area contributed by atoms with Crippen LogP contribution in [0, 0.1) is 0 Å². The van der Waals surface area contributed by atoms with E-state index in [9.17, 15) is 0 Å². The Morgan fingerprint density at radius 2 is 1.53 bits per heavy atom. The van der Waals surface area contributed by atoms with E-state index in [4.69, 9.17) is 34.8 Å². The number of hydrogen-bond acceptors (Lipinski definition) is 1. The lowest BCUT2D eigenvalue weighted by Gasteiger charge is -2.00. The van der Waals surface area contributed by atoms with E-state index in [1.165, 1.54) is 0 Å². The summed E-state index contributed by atoms with van der Waals surface area (Å²) in [4.78, 5) is 4.27. The van der Waals surface area contributed by atoms with Crippen LogP contribution in [-0.4, -0.2) is 5.17 Å². The van der Waals surface area contributed by atoms with Gasteiger partial charge in [-0.25, -0.2) is 4.99 Å². The van der Waals surface area contributed by atoms with E-state index in [0.717, 1.165) is 5.56 Å². The van der Waals surface area contributed by atoms with Gasteiger partial charge in [-0.15, -0.1) is 0 Å². The first-order chi connectivity index (χ1) is 8.15. The molecule has 0 spiro atoms. The Morgan fingerprint density at radius 1 is 0.882 bits per heavy atom. The fourth-order valence-corrected chi connectivity index (χ4v) is 1.93. The quantitative estimate of drug-likeness (QED) is 0.663. The number of halogens is 3. The first-order valence-corrected chi connectivity index (χ1v) is 6.04. The van der Waals surface area contributed by atoms with E-state index >= 15 is 0 Å². The molecule has 0 radical (unpaired) electrons. The third-order valence-electron chi connectivity index (χ3n) is 2.10. The average Bonchev–Trinajstić information content (AvgIpc) is 2.29. The topological polar surface area (TPSA) is 12.4 Å². The van der Waals surface area contributed by atoms with E-state index in [2.05, 4.69) is 4.99 Å². The highest BCUT2D eigenvalue weighted by atomic mass is 35.5. The van der Waals surface area contributed by atoms with Gasteiger partial charge in [0.15, 0.2) is 0 Å². The molecule has 0 aliphatic rings. The highest BCUT2D eigenvalue weighted by Gasteiger charge is 2.01. The van der Waals surface area contributed by atoms with E-state index in [-0.39, 0.29) is 0 Å². The molecule has 4 heteroatoms. The third kappa shape index (κ3) is 3.47. The minimum Gasteiger partial charge on any atom is -0.236 e. The molecule has 0 unspecified atom stereocenters. The van der Waals surface area contributed by atoms with Gasteiger partial charge in [-0.1, -0.05) is 53.0 Å². The van der Waals surface area contributed by atoms with E-state index in [1.54, 1.807) is 24.3 Å². The van der Waals surface area contributed by atoms with Gasteiger partial charge in [0.05, 0.1) is 5.69 Å². The van der Waals surface area contributed by atoms with Crippen molar-refractivity contribution in [2.24, 2.45) is 4.99 Å². The van der Waals surface area contributed by atoms with Gasteiger partial charge in [-0.2, -0.15) is 0 Å². The van der Waals surface area contributed by atoms with Crippen molar-refractivity contribution in [2.45, 2.75) is 0 Å². The van der Waals surface area contributed by atoms with Gasteiger partial charge in [-0.3, -0.25) is 0 Å². The van der Waals surface area contributed by atoms with E-state index < -0.39 is 0 Å². The predicted molar refractivity (Wildman–Crippen MR) is 75.0 cm³/mol. The van der Waals surface area contributed by atoms with Gasteiger partial charge in [0.25, 0.3) is 0 Å².